The Balaban J connectivity index is 2.45. The standard InChI is InChI=1S/C12H13N3O2S/c1-7-4-8(2)14-11(10(7)12(16)17)18-9-5-13-15(3)6-9/h4-6H,1-3H3,(H,16,17). The summed E-state index contributed by atoms with van der Waals surface area (Å²) >= 11 is 1.32. The van der Waals surface area contributed by atoms with Gasteiger partial charge in [-0.15, -0.1) is 0 Å². The number of carboxylic acid groups (broad SMARTS) is 1. The first-order valence-corrected chi connectivity index (χ1v) is 6.17. The summed E-state index contributed by atoms with van der Waals surface area (Å²) in [5.41, 5.74) is 1.79. The first-order valence-electron chi connectivity index (χ1n) is 5.35. The van der Waals surface area contributed by atoms with Crippen molar-refractivity contribution in [3.05, 3.63) is 35.3 Å². The second kappa shape index (κ2) is 4.81. The zero-order valence-corrected chi connectivity index (χ0v) is 11.2. The maximum Gasteiger partial charge on any atom is 0.338 e. The highest BCUT2D eigenvalue weighted by molar-refractivity contribution is 7.99. The summed E-state index contributed by atoms with van der Waals surface area (Å²) in [5, 5.41) is 13.8. The Hall–Kier alpha value is -1.82. The van der Waals surface area contributed by atoms with Crippen LogP contribution in [0.4, 0.5) is 0 Å². The molecule has 0 atom stereocenters. The lowest BCUT2D eigenvalue weighted by molar-refractivity contribution is 0.0691. The molecule has 0 aromatic carbocycles. The number of carbonyl (C=O) groups is 1. The number of hydrogen-bond acceptors (Lipinski definition) is 4. The van der Waals surface area contributed by atoms with Gasteiger partial charge in [-0.1, -0.05) is 11.8 Å². The second-order valence-electron chi connectivity index (χ2n) is 4.02. The summed E-state index contributed by atoms with van der Waals surface area (Å²) in [6.07, 6.45) is 3.52. The van der Waals surface area contributed by atoms with E-state index in [1.807, 2.05) is 20.2 Å². The van der Waals surface area contributed by atoms with E-state index in [1.165, 1.54) is 11.8 Å². The molecule has 0 aliphatic carbocycles. The summed E-state index contributed by atoms with van der Waals surface area (Å²) in [6.45, 7) is 3.64. The SMILES string of the molecule is Cc1cc(C)c(C(=O)O)c(Sc2cnn(C)c2)n1. The van der Waals surface area contributed by atoms with E-state index in [1.54, 1.807) is 23.9 Å². The van der Waals surface area contributed by atoms with Crippen molar-refractivity contribution in [3.63, 3.8) is 0 Å². The Bertz CT molecular complexity index is 607. The van der Waals surface area contributed by atoms with Gasteiger partial charge in [0.15, 0.2) is 0 Å². The highest BCUT2D eigenvalue weighted by atomic mass is 32.2. The van der Waals surface area contributed by atoms with Gasteiger partial charge in [0.1, 0.15) is 5.03 Å². The van der Waals surface area contributed by atoms with Crippen LogP contribution in [0.15, 0.2) is 28.4 Å². The van der Waals surface area contributed by atoms with Crippen LogP contribution in [-0.4, -0.2) is 25.8 Å². The number of pyridine rings is 1. The maximum absolute atomic E-state index is 11.3. The van der Waals surface area contributed by atoms with E-state index in [2.05, 4.69) is 10.1 Å². The van der Waals surface area contributed by atoms with Crippen LogP contribution in [0.3, 0.4) is 0 Å². The fourth-order valence-electron chi connectivity index (χ4n) is 1.70. The molecule has 0 bridgehead atoms. The first-order chi connectivity index (χ1) is 8.47. The number of carboxylic acids is 1. The summed E-state index contributed by atoms with van der Waals surface area (Å²) in [6, 6.07) is 1.77. The fraction of sp³-hybridized carbons (Fsp3) is 0.250. The van der Waals surface area contributed by atoms with Crippen LogP contribution in [0.1, 0.15) is 21.6 Å². The normalized spacial score (nSPS) is 10.6. The largest absolute Gasteiger partial charge is 0.478 e. The molecule has 0 spiro atoms. The predicted molar refractivity (Wildman–Crippen MR) is 68.0 cm³/mol. The van der Waals surface area contributed by atoms with Crippen molar-refractivity contribution in [1.82, 2.24) is 14.8 Å². The van der Waals surface area contributed by atoms with Crippen LogP contribution in [0.2, 0.25) is 0 Å². The molecule has 1 N–H and O–H groups in total. The summed E-state index contributed by atoms with van der Waals surface area (Å²) in [5.74, 6) is -0.952. The van der Waals surface area contributed by atoms with E-state index in [9.17, 15) is 9.90 Å². The molecule has 0 saturated carbocycles. The number of rotatable bonds is 3. The Morgan fingerprint density at radius 2 is 2.17 bits per heavy atom. The number of aromatic nitrogens is 3. The number of aromatic carboxylic acids is 1. The molecule has 2 aromatic heterocycles. The van der Waals surface area contributed by atoms with Crippen molar-refractivity contribution in [3.8, 4) is 0 Å². The molecule has 0 aliphatic rings. The van der Waals surface area contributed by atoms with Crippen LogP contribution in [0.25, 0.3) is 0 Å². The van der Waals surface area contributed by atoms with E-state index in [-0.39, 0.29) is 5.56 Å². The van der Waals surface area contributed by atoms with Gasteiger partial charge in [-0.25, -0.2) is 9.78 Å². The lowest BCUT2D eigenvalue weighted by atomic mass is 10.1. The molecule has 18 heavy (non-hydrogen) atoms. The molecule has 5 nitrogen and oxygen atoms in total. The van der Waals surface area contributed by atoms with Crippen LogP contribution in [0.5, 0.6) is 0 Å². The lowest BCUT2D eigenvalue weighted by Gasteiger charge is -2.08. The minimum absolute atomic E-state index is 0.259. The van der Waals surface area contributed by atoms with Gasteiger partial charge in [-0.05, 0) is 25.5 Å². The molecule has 6 heteroatoms. The molecular weight excluding hydrogens is 250 g/mol. The zero-order valence-electron chi connectivity index (χ0n) is 10.3. The Kier molecular flexibility index (Phi) is 3.38. The first kappa shape index (κ1) is 12.6. The second-order valence-corrected chi connectivity index (χ2v) is 5.08. The molecule has 2 aromatic rings. The lowest BCUT2D eigenvalue weighted by Crippen LogP contribution is -2.05. The fourth-order valence-corrected chi connectivity index (χ4v) is 2.77. The van der Waals surface area contributed by atoms with Crippen molar-refractivity contribution < 1.29 is 9.90 Å². The summed E-state index contributed by atoms with van der Waals surface area (Å²) in [4.78, 5) is 16.5. The number of aryl methyl sites for hydroxylation is 3. The Morgan fingerprint density at radius 3 is 2.72 bits per heavy atom. The van der Waals surface area contributed by atoms with E-state index < -0.39 is 5.97 Å². The third-order valence-corrected chi connectivity index (χ3v) is 3.36. The van der Waals surface area contributed by atoms with Crippen LogP contribution in [0, 0.1) is 13.8 Å². The average molecular weight is 263 g/mol. The Labute approximate surface area is 109 Å². The van der Waals surface area contributed by atoms with Crippen LogP contribution < -0.4 is 0 Å². The monoisotopic (exact) mass is 263 g/mol. The van der Waals surface area contributed by atoms with Gasteiger partial charge < -0.3 is 5.11 Å². The van der Waals surface area contributed by atoms with Gasteiger partial charge in [0, 0.05) is 18.9 Å². The summed E-state index contributed by atoms with van der Waals surface area (Å²) < 4.78 is 1.67. The van der Waals surface area contributed by atoms with Gasteiger partial charge in [-0.2, -0.15) is 5.10 Å². The van der Waals surface area contributed by atoms with E-state index in [0.717, 1.165) is 16.2 Å². The third-order valence-electron chi connectivity index (χ3n) is 2.42. The molecule has 0 unspecified atom stereocenters. The van der Waals surface area contributed by atoms with E-state index in [0.29, 0.717) is 5.03 Å². The molecule has 2 heterocycles. The van der Waals surface area contributed by atoms with Crippen LogP contribution >= 0.6 is 11.8 Å². The van der Waals surface area contributed by atoms with E-state index >= 15 is 0 Å². The molecular formula is C12H13N3O2S. The van der Waals surface area contributed by atoms with Crippen molar-refractivity contribution in [2.75, 3.05) is 0 Å². The van der Waals surface area contributed by atoms with Gasteiger partial charge in [-0.3, -0.25) is 4.68 Å². The number of hydrogen-bond donors (Lipinski definition) is 1. The molecule has 0 radical (unpaired) electrons. The molecule has 94 valence electrons. The molecule has 0 amide bonds. The molecule has 0 fully saturated rings. The number of nitrogens with zero attached hydrogens (tertiary/aromatic N) is 3. The molecule has 0 aliphatic heterocycles. The van der Waals surface area contributed by atoms with Crippen LogP contribution in [-0.2, 0) is 7.05 Å². The van der Waals surface area contributed by atoms with Gasteiger partial charge in [0.2, 0.25) is 0 Å². The predicted octanol–water partition coefficient (Wildman–Crippen LogP) is 2.28. The maximum atomic E-state index is 11.3. The highest BCUT2D eigenvalue weighted by Crippen LogP contribution is 2.30. The van der Waals surface area contributed by atoms with E-state index in [4.69, 9.17) is 0 Å². The average Bonchev–Trinajstić information content (AvgIpc) is 2.62. The van der Waals surface area contributed by atoms with Crippen molar-refractivity contribution in [2.24, 2.45) is 7.05 Å². The smallest absolute Gasteiger partial charge is 0.338 e. The molecule has 2 rings (SSSR count). The topological polar surface area (TPSA) is 68.0 Å². The van der Waals surface area contributed by atoms with Crippen molar-refractivity contribution in [1.29, 1.82) is 0 Å². The van der Waals surface area contributed by atoms with Crippen molar-refractivity contribution in [2.45, 2.75) is 23.8 Å². The van der Waals surface area contributed by atoms with Crippen molar-refractivity contribution >= 4 is 17.7 Å². The van der Waals surface area contributed by atoms with Gasteiger partial charge in [0.25, 0.3) is 0 Å². The van der Waals surface area contributed by atoms with Gasteiger partial charge >= 0.3 is 5.97 Å². The zero-order chi connectivity index (χ0) is 13.3. The van der Waals surface area contributed by atoms with Gasteiger partial charge in [0.05, 0.1) is 16.7 Å². The highest BCUT2D eigenvalue weighted by Gasteiger charge is 2.17. The quantitative estimate of drug-likeness (QED) is 0.920. The minimum atomic E-state index is -0.952. The summed E-state index contributed by atoms with van der Waals surface area (Å²) in [7, 11) is 1.82. The third kappa shape index (κ3) is 2.53. The Morgan fingerprint density at radius 1 is 1.44 bits per heavy atom. The minimum Gasteiger partial charge on any atom is -0.478 e. The molecule has 0 saturated heterocycles.